The lowest BCUT2D eigenvalue weighted by atomic mass is 10.1. The summed E-state index contributed by atoms with van der Waals surface area (Å²) in [6.45, 7) is 6.35. The quantitative estimate of drug-likeness (QED) is 0.640. The number of amides is 2. The monoisotopic (exact) mass is 424 g/mol. The number of para-hydroxylation sites is 1. The molecular weight excluding hydrogens is 392 g/mol. The summed E-state index contributed by atoms with van der Waals surface area (Å²) in [6, 6.07) is 17.4. The van der Waals surface area contributed by atoms with Crippen LogP contribution in [0.3, 0.4) is 0 Å². The minimum atomic E-state index is -0.219. The number of methoxy groups -OCH3 is 1. The Morgan fingerprint density at radius 3 is 2.32 bits per heavy atom. The summed E-state index contributed by atoms with van der Waals surface area (Å²) >= 11 is 0. The van der Waals surface area contributed by atoms with Crippen molar-refractivity contribution in [1.82, 2.24) is 20.4 Å². The summed E-state index contributed by atoms with van der Waals surface area (Å²) in [6.07, 6.45) is 0. The first kappa shape index (κ1) is 22.8. The molecule has 0 bridgehead atoms. The van der Waals surface area contributed by atoms with Crippen molar-refractivity contribution in [2.24, 2.45) is 0 Å². The van der Waals surface area contributed by atoms with Crippen LogP contribution in [0.2, 0.25) is 0 Å². The minimum Gasteiger partial charge on any atom is -0.496 e. The SMILES string of the molecule is COc1ccccc1CNC(=O)C(C)N1CCN(CC(=O)NCc2ccccc2)CC1. The lowest BCUT2D eigenvalue weighted by Gasteiger charge is -2.37. The highest BCUT2D eigenvalue weighted by molar-refractivity contribution is 5.81. The van der Waals surface area contributed by atoms with Crippen molar-refractivity contribution in [3.05, 3.63) is 65.7 Å². The number of nitrogens with zero attached hydrogens (tertiary/aromatic N) is 2. The highest BCUT2D eigenvalue weighted by atomic mass is 16.5. The molecule has 31 heavy (non-hydrogen) atoms. The number of carbonyl (C=O) groups is 2. The van der Waals surface area contributed by atoms with E-state index in [1.165, 1.54) is 0 Å². The smallest absolute Gasteiger partial charge is 0.237 e. The van der Waals surface area contributed by atoms with E-state index in [9.17, 15) is 9.59 Å². The summed E-state index contributed by atoms with van der Waals surface area (Å²) in [5.74, 6) is 0.800. The Hall–Kier alpha value is -2.90. The summed E-state index contributed by atoms with van der Waals surface area (Å²) < 4.78 is 5.34. The van der Waals surface area contributed by atoms with Gasteiger partial charge in [-0.3, -0.25) is 19.4 Å². The van der Waals surface area contributed by atoms with Gasteiger partial charge in [0.25, 0.3) is 0 Å². The molecule has 2 amide bonds. The molecule has 1 aliphatic rings. The van der Waals surface area contributed by atoms with Gasteiger partial charge < -0.3 is 15.4 Å². The van der Waals surface area contributed by atoms with Gasteiger partial charge in [-0.2, -0.15) is 0 Å². The Bertz CT molecular complexity index is 851. The standard InChI is InChI=1S/C24H32N4O3/c1-19(24(30)26-17-21-10-6-7-11-22(21)31-2)28-14-12-27(13-15-28)18-23(29)25-16-20-8-4-3-5-9-20/h3-11,19H,12-18H2,1-2H3,(H,25,29)(H,26,30). The van der Waals surface area contributed by atoms with Crippen LogP contribution in [0.4, 0.5) is 0 Å². The highest BCUT2D eigenvalue weighted by Gasteiger charge is 2.26. The van der Waals surface area contributed by atoms with E-state index in [-0.39, 0.29) is 17.9 Å². The molecule has 2 N–H and O–H groups in total. The van der Waals surface area contributed by atoms with Crippen LogP contribution in [-0.2, 0) is 22.7 Å². The number of nitrogens with one attached hydrogen (secondary N) is 2. The first-order chi connectivity index (χ1) is 15.1. The van der Waals surface area contributed by atoms with E-state index < -0.39 is 0 Å². The number of carbonyl (C=O) groups excluding carboxylic acids is 2. The Morgan fingerprint density at radius 1 is 0.935 bits per heavy atom. The molecule has 2 aromatic carbocycles. The zero-order chi connectivity index (χ0) is 22.1. The lowest BCUT2D eigenvalue weighted by Crippen LogP contribution is -2.55. The average molecular weight is 425 g/mol. The van der Waals surface area contributed by atoms with E-state index >= 15 is 0 Å². The maximum Gasteiger partial charge on any atom is 0.237 e. The molecule has 0 saturated carbocycles. The summed E-state index contributed by atoms with van der Waals surface area (Å²) in [4.78, 5) is 29.2. The summed E-state index contributed by atoms with van der Waals surface area (Å²) in [5, 5.41) is 5.98. The second-order valence-electron chi connectivity index (χ2n) is 7.78. The van der Waals surface area contributed by atoms with Gasteiger partial charge in [0.15, 0.2) is 0 Å². The Labute approximate surface area is 184 Å². The van der Waals surface area contributed by atoms with E-state index in [0.29, 0.717) is 19.6 Å². The number of piperazine rings is 1. The van der Waals surface area contributed by atoms with Crippen LogP contribution in [0.25, 0.3) is 0 Å². The average Bonchev–Trinajstić information content (AvgIpc) is 2.82. The van der Waals surface area contributed by atoms with Gasteiger partial charge in [0.05, 0.1) is 19.7 Å². The third kappa shape index (κ3) is 6.80. The normalized spacial score (nSPS) is 15.8. The highest BCUT2D eigenvalue weighted by Crippen LogP contribution is 2.17. The summed E-state index contributed by atoms with van der Waals surface area (Å²) in [7, 11) is 1.63. The van der Waals surface area contributed by atoms with Crippen molar-refractivity contribution in [2.75, 3.05) is 39.8 Å². The van der Waals surface area contributed by atoms with Crippen LogP contribution in [-0.4, -0.2) is 67.5 Å². The molecule has 1 fully saturated rings. The van der Waals surface area contributed by atoms with Gasteiger partial charge in [-0.25, -0.2) is 0 Å². The maximum atomic E-state index is 12.6. The molecule has 7 heteroatoms. The van der Waals surface area contributed by atoms with Crippen LogP contribution in [0.15, 0.2) is 54.6 Å². The van der Waals surface area contributed by atoms with E-state index in [0.717, 1.165) is 43.1 Å². The van der Waals surface area contributed by atoms with Crippen LogP contribution >= 0.6 is 0 Å². The van der Waals surface area contributed by atoms with Crippen LogP contribution in [0, 0.1) is 0 Å². The van der Waals surface area contributed by atoms with Gasteiger partial charge in [-0.15, -0.1) is 0 Å². The van der Waals surface area contributed by atoms with Gasteiger partial charge in [0.1, 0.15) is 5.75 Å². The zero-order valence-corrected chi connectivity index (χ0v) is 18.3. The predicted molar refractivity (Wildman–Crippen MR) is 121 cm³/mol. The molecular formula is C24H32N4O3. The second kappa shape index (κ2) is 11.5. The zero-order valence-electron chi connectivity index (χ0n) is 18.3. The summed E-state index contributed by atoms with van der Waals surface area (Å²) in [5.41, 5.74) is 2.05. The Kier molecular flexibility index (Phi) is 8.44. The van der Waals surface area contributed by atoms with Crippen molar-refractivity contribution in [2.45, 2.75) is 26.1 Å². The predicted octanol–water partition coefficient (Wildman–Crippen LogP) is 1.63. The van der Waals surface area contributed by atoms with Crippen LogP contribution in [0.1, 0.15) is 18.1 Å². The first-order valence-corrected chi connectivity index (χ1v) is 10.7. The van der Waals surface area contributed by atoms with Gasteiger partial charge >= 0.3 is 0 Å². The van der Waals surface area contributed by atoms with Crippen molar-refractivity contribution < 1.29 is 14.3 Å². The fraction of sp³-hybridized carbons (Fsp3) is 0.417. The number of rotatable bonds is 9. The van der Waals surface area contributed by atoms with Crippen molar-refractivity contribution >= 4 is 11.8 Å². The first-order valence-electron chi connectivity index (χ1n) is 10.7. The molecule has 1 unspecified atom stereocenters. The Balaban J connectivity index is 1.38. The molecule has 7 nitrogen and oxygen atoms in total. The minimum absolute atomic E-state index is 0.0000368. The van der Waals surface area contributed by atoms with Gasteiger partial charge in [-0.1, -0.05) is 48.5 Å². The molecule has 3 rings (SSSR count). The topological polar surface area (TPSA) is 73.9 Å². The number of hydrogen-bond donors (Lipinski definition) is 2. The molecule has 0 radical (unpaired) electrons. The molecule has 2 aromatic rings. The molecule has 1 aliphatic heterocycles. The molecule has 1 heterocycles. The van der Waals surface area contributed by atoms with Gasteiger partial charge in [0, 0.05) is 44.8 Å². The van der Waals surface area contributed by atoms with E-state index in [4.69, 9.17) is 4.74 Å². The van der Waals surface area contributed by atoms with Crippen molar-refractivity contribution in [3.8, 4) is 5.75 Å². The molecule has 1 saturated heterocycles. The van der Waals surface area contributed by atoms with E-state index in [2.05, 4.69) is 20.4 Å². The van der Waals surface area contributed by atoms with Crippen molar-refractivity contribution in [1.29, 1.82) is 0 Å². The molecule has 0 spiro atoms. The van der Waals surface area contributed by atoms with Gasteiger partial charge in [-0.05, 0) is 18.6 Å². The van der Waals surface area contributed by atoms with E-state index in [1.807, 2.05) is 61.5 Å². The number of benzene rings is 2. The maximum absolute atomic E-state index is 12.6. The lowest BCUT2D eigenvalue weighted by molar-refractivity contribution is -0.128. The molecule has 166 valence electrons. The molecule has 1 atom stereocenters. The van der Waals surface area contributed by atoms with E-state index in [1.54, 1.807) is 7.11 Å². The van der Waals surface area contributed by atoms with Crippen molar-refractivity contribution in [3.63, 3.8) is 0 Å². The fourth-order valence-electron chi connectivity index (χ4n) is 3.71. The number of ether oxygens (including phenoxy) is 1. The Morgan fingerprint density at radius 2 is 1.61 bits per heavy atom. The molecule has 0 aliphatic carbocycles. The second-order valence-corrected chi connectivity index (χ2v) is 7.78. The number of hydrogen-bond acceptors (Lipinski definition) is 5. The largest absolute Gasteiger partial charge is 0.496 e. The van der Waals surface area contributed by atoms with Crippen LogP contribution < -0.4 is 15.4 Å². The fourth-order valence-corrected chi connectivity index (χ4v) is 3.71. The van der Waals surface area contributed by atoms with Gasteiger partial charge in [0.2, 0.25) is 11.8 Å². The molecule has 0 aromatic heterocycles. The van der Waals surface area contributed by atoms with Crippen LogP contribution in [0.5, 0.6) is 5.75 Å². The third-order valence-corrected chi connectivity index (χ3v) is 5.68. The third-order valence-electron chi connectivity index (χ3n) is 5.68.